The van der Waals surface area contributed by atoms with Gasteiger partial charge >= 0.3 is 6.03 Å². The molecule has 18 heavy (non-hydrogen) atoms. The topological polar surface area (TPSA) is 61.4 Å². The van der Waals surface area contributed by atoms with Crippen molar-refractivity contribution in [2.24, 2.45) is 0 Å². The second-order valence-electron chi connectivity index (χ2n) is 3.61. The summed E-state index contributed by atoms with van der Waals surface area (Å²) in [5.74, 6) is 0.159. The van der Waals surface area contributed by atoms with Crippen molar-refractivity contribution in [3.05, 3.63) is 53.0 Å². The standard InChI is InChI=1S/C13H11BrN2O2/c14-11-3-1-2-4-12(11)16-13(18)15-9-5-7-10(17)8-6-9/h1-8,17H,(H2,15,16,18). The molecule has 92 valence electrons. The third-order valence-corrected chi connectivity index (χ3v) is 2.94. The van der Waals surface area contributed by atoms with Crippen molar-refractivity contribution < 1.29 is 9.90 Å². The van der Waals surface area contributed by atoms with E-state index >= 15 is 0 Å². The lowest BCUT2D eigenvalue weighted by molar-refractivity contribution is 0.262. The maximum atomic E-state index is 11.7. The largest absolute Gasteiger partial charge is 0.508 e. The summed E-state index contributed by atoms with van der Waals surface area (Å²) in [5, 5.41) is 14.5. The summed E-state index contributed by atoms with van der Waals surface area (Å²) in [6, 6.07) is 13.3. The van der Waals surface area contributed by atoms with Crippen molar-refractivity contribution in [2.75, 3.05) is 10.6 Å². The van der Waals surface area contributed by atoms with Crippen molar-refractivity contribution in [1.82, 2.24) is 0 Å². The van der Waals surface area contributed by atoms with E-state index in [1.54, 1.807) is 18.2 Å². The van der Waals surface area contributed by atoms with Gasteiger partial charge in [0.25, 0.3) is 0 Å². The Balaban J connectivity index is 2.01. The fraction of sp³-hybridized carbons (Fsp3) is 0. The lowest BCUT2D eigenvalue weighted by Gasteiger charge is -2.08. The number of urea groups is 1. The van der Waals surface area contributed by atoms with Crippen molar-refractivity contribution in [3.8, 4) is 5.75 Å². The van der Waals surface area contributed by atoms with E-state index in [0.717, 1.165) is 4.47 Å². The minimum Gasteiger partial charge on any atom is -0.508 e. The number of carbonyl (C=O) groups is 1. The molecule has 0 bridgehead atoms. The van der Waals surface area contributed by atoms with Gasteiger partial charge in [-0.3, -0.25) is 0 Å². The molecule has 2 amide bonds. The highest BCUT2D eigenvalue weighted by Crippen LogP contribution is 2.21. The fourth-order valence-electron chi connectivity index (χ4n) is 1.39. The first-order valence-corrected chi connectivity index (χ1v) is 6.06. The maximum Gasteiger partial charge on any atom is 0.323 e. The Labute approximate surface area is 113 Å². The highest BCUT2D eigenvalue weighted by Gasteiger charge is 2.04. The number of amides is 2. The first kappa shape index (κ1) is 12.4. The number of nitrogens with one attached hydrogen (secondary N) is 2. The molecule has 0 saturated carbocycles. The third-order valence-electron chi connectivity index (χ3n) is 2.25. The van der Waals surface area contributed by atoms with E-state index in [9.17, 15) is 4.79 Å². The minimum atomic E-state index is -0.340. The summed E-state index contributed by atoms with van der Waals surface area (Å²) < 4.78 is 0.811. The minimum absolute atomic E-state index is 0.159. The summed E-state index contributed by atoms with van der Waals surface area (Å²) in [7, 11) is 0. The second kappa shape index (κ2) is 5.55. The van der Waals surface area contributed by atoms with E-state index in [1.807, 2.05) is 18.2 Å². The van der Waals surface area contributed by atoms with Gasteiger partial charge in [-0.1, -0.05) is 12.1 Å². The Morgan fingerprint density at radius 3 is 2.33 bits per heavy atom. The summed E-state index contributed by atoms with van der Waals surface area (Å²) in [6.45, 7) is 0. The number of rotatable bonds is 2. The number of hydrogen-bond donors (Lipinski definition) is 3. The highest BCUT2D eigenvalue weighted by molar-refractivity contribution is 9.10. The monoisotopic (exact) mass is 306 g/mol. The molecule has 4 nitrogen and oxygen atoms in total. The molecule has 5 heteroatoms. The van der Waals surface area contributed by atoms with Gasteiger partial charge in [0.15, 0.2) is 0 Å². The van der Waals surface area contributed by atoms with Crippen LogP contribution in [0.1, 0.15) is 0 Å². The van der Waals surface area contributed by atoms with E-state index < -0.39 is 0 Å². The normalized spacial score (nSPS) is 9.83. The van der Waals surface area contributed by atoms with Crippen LogP contribution < -0.4 is 10.6 Å². The molecular formula is C13H11BrN2O2. The predicted molar refractivity (Wildman–Crippen MR) is 74.9 cm³/mol. The number of para-hydroxylation sites is 1. The van der Waals surface area contributed by atoms with Crippen molar-refractivity contribution >= 4 is 33.3 Å². The number of halogens is 1. The zero-order valence-corrected chi connectivity index (χ0v) is 10.9. The molecule has 0 fully saturated rings. The molecule has 2 aromatic carbocycles. The van der Waals surface area contributed by atoms with E-state index in [4.69, 9.17) is 5.11 Å². The van der Waals surface area contributed by atoms with Gasteiger partial charge in [-0.05, 0) is 52.3 Å². The van der Waals surface area contributed by atoms with Crippen LogP contribution in [-0.4, -0.2) is 11.1 Å². The van der Waals surface area contributed by atoms with E-state index in [0.29, 0.717) is 11.4 Å². The SMILES string of the molecule is O=C(Nc1ccc(O)cc1)Nc1ccccc1Br. The number of phenols is 1. The molecule has 0 radical (unpaired) electrons. The van der Waals surface area contributed by atoms with Gasteiger partial charge in [0, 0.05) is 10.2 Å². The number of carbonyl (C=O) groups excluding carboxylic acids is 1. The zero-order valence-electron chi connectivity index (χ0n) is 9.35. The Kier molecular flexibility index (Phi) is 3.84. The molecule has 0 aromatic heterocycles. The molecule has 2 rings (SSSR count). The molecule has 0 aliphatic heterocycles. The molecule has 0 atom stereocenters. The Morgan fingerprint density at radius 2 is 1.67 bits per heavy atom. The van der Waals surface area contributed by atoms with Gasteiger partial charge in [-0.2, -0.15) is 0 Å². The summed E-state index contributed by atoms with van der Waals surface area (Å²) >= 11 is 3.34. The van der Waals surface area contributed by atoms with Crippen LogP contribution in [0.4, 0.5) is 16.2 Å². The van der Waals surface area contributed by atoms with Gasteiger partial charge in [-0.15, -0.1) is 0 Å². The number of aromatic hydroxyl groups is 1. The van der Waals surface area contributed by atoms with E-state index in [-0.39, 0.29) is 11.8 Å². The molecule has 0 spiro atoms. The fourth-order valence-corrected chi connectivity index (χ4v) is 1.78. The third kappa shape index (κ3) is 3.24. The summed E-state index contributed by atoms with van der Waals surface area (Å²) in [6.07, 6.45) is 0. The molecule has 0 heterocycles. The second-order valence-corrected chi connectivity index (χ2v) is 4.46. The van der Waals surface area contributed by atoms with Crippen LogP contribution >= 0.6 is 15.9 Å². The van der Waals surface area contributed by atoms with Crippen LogP contribution in [0.5, 0.6) is 5.75 Å². The van der Waals surface area contributed by atoms with Crippen molar-refractivity contribution in [2.45, 2.75) is 0 Å². The van der Waals surface area contributed by atoms with Crippen LogP contribution in [-0.2, 0) is 0 Å². The van der Waals surface area contributed by atoms with Gasteiger partial charge in [0.05, 0.1) is 5.69 Å². The number of benzene rings is 2. The Morgan fingerprint density at radius 1 is 1.00 bits per heavy atom. The highest BCUT2D eigenvalue weighted by atomic mass is 79.9. The van der Waals surface area contributed by atoms with Gasteiger partial charge in [-0.25, -0.2) is 4.79 Å². The predicted octanol–water partition coefficient (Wildman–Crippen LogP) is 3.80. The Hall–Kier alpha value is -2.01. The van der Waals surface area contributed by atoms with Crippen molar-refractivity contribution in [3.63, 3.8) is 0 Å². The average molecular weight is 307 g/mol. The molecule has 0 aliphatic rings. The summed E-state index contributed by atoms with van der Waals surface area (Å²) in [4.78, 5) is 11.7. The average Bonchev–Trinajstić information content (AvgIpc) is 2.35. The van der Waals surface area contributed by atoms with E-state index in [2.05, 4.69) is 26.6 Å². The molecule has 2 aromatic rings. The van der Waals surface area contributed by atoms with Crippen LogP contribution in [0.3, 0.4) is 0 Å². The molecule has 0 saturated heterocycles. The lowest BCUT2D eigenvalue weighted by Crippen LogP contribution is -2.19. The quantitative estimate of drug-likeness (QED) is 0.739. The lowest BCUT2D eigenvalue weighted by atomic mass is 10.3. The van der Waals surface area contributed by atoms with E-state index in [1.165, 1.54) is 12.1 Å². The maximum absolute atomic E-state index is 11.7. The molecule has 0 aliphatic carbocycles. The van der Waals surface area contributed by atoms with Crippen molar-refractivity contribution in [1.29, 1.82) is 0 Å². The zero-order chi connectivity index (χ0) is 13.0. The van der Waals surface area contributed by atoms with Gasteiger partial charge in [0.1, 0.15) is 5.75 Å². The summed E-state index contributed by atoms with van der Waals surface area (Å²) in [5.41, 5.74) is 1.30. The van der Waals surface area contributed by atoms with Crippen LogP contribution in [0.25, 0.3) is 0 Å². The number of anilines is 2. The Bertz CT molecular complexity index is 555. The van der Waals surface area contributed by atoms with Crippen LogP contribution in [0.15, 0.2) is 53.0 Å². The number of hydrogen-bond acceptors (Lipinski definition) is 2. The first-order valence-electron chi connectivity index (χ1n) is 5.27. The number of phenolic OH excluding ortho intramolecular Hbond substituents is 1. The molecule has 0 unspecified atom stereocenters. The molecular weight excluding hydrogens is 296 g/mol. The molecule has 3 N–H and O–H groups in total. The van der Waals surface area contributed by atoms with Gasteiger partial charge in [0.2, 0.25) is 0 Å². The van der Waals surface area contributed by atoms with Crippen LogP contribution in [0.2, 0.25) is 0 Å². The smallest absolute Gasteiger partial charge is 0.323 e. The first-order chi connectivity index (χ1) is 8.65. The van der Waals surface area contributed by atoms with Crippen LogP contribution in [0, 0.1) is 0 Å². The van der Waals surface area contributed by atoms with Gasteiger partial charge < -0.3 is 15.7 Å².